The molecule has 0 radical (unpaired) electrons. The van der Waals surface area contributed by atoms with Crippen LogP contribution in [0.4, 0.5) is 11.4 Å². The highest BCUT2D eigenvalue weighted by Gasteiger charge is 2.31. The second-order valence-electron chi connectivity index (χ2n) is 7.73. The van der Waals surface area contributed by atoms with Gasteiger partial charge in [0, 0.05) is 25.7 Å². The largest absolute Gasteiger partial charge is 0.461 e. The number of fused-ring (bicyclic) bond motifs is 1. The number of ether oxygens (including phenoxy) is 1. The maximum Gasteiger partial charge on any atom is 0.351 e. The van der Waals surface area contributed by atoms with Gasteiger partial charge in [-0.1, -0.05) is 45.7 Å². The first kappa shape index (κ1) is 21.8. The Hall–Kier alpha value is -2.85. The lowest BCUT2D eigenvalue weighted by Gasteiger charge is -2.37. The molecule has 0 aliphatic carbocycles. The lowest BCUT2D eigenvalue weighted by atomic mass is 10.1. The average Bonchev–Trinajstić information content (AvgIpc) is 2.79. The number of nitrogens with zero attached hydrogens (tertiary/aromatic N) is 3. The molecule has 2 N–H and O–H groups in total. The Morgan fingerprint density at radius 3 is 2.80 bits per heavy atom. The molecule has 1 atom stereocenters. The predicted octanol–water partition coefficient (Wildman–Crippen LogP) is 3.58. The summed E-state index contributed by atoms with van der Waals surface area (Å²) in [6, 6.07) is 10.1. The van der Waals surface area contributed by atoms with Crippen molar-refractivity contribution in [2.24, 2.45) is 10.9 Å². The van der Waals surface area contributed by atoms with E-state index in [1.807, 2.05) is 24.3 Å². The Balaban J connectivity index is 1.96. The van der Waals surface area contributed by atoms with Gasteiger partial charge >= 0.3 is 5.97 Å². The predicted molar refractivity (Wildman–Crippen MR) is 118 cm³/mol. The van der Waals surface area contributed by atoms with Gasteiger partial charge in [-0.05, 0) is 24.5 Å². The Morgan fingerprint density at radius 2 is 2.10 bits per heavy atom. The number of amidine groups is 1. The molecule has 0 spiro atoms. The Bertz CT molecular complexity index is 867. The number of nitrogens with one attached hydrogen (secondary N) is 2. The normalized spacial score (nSPS) is 20.0. The molecule has 1 aromatic carbocycles. The van der Waals surface area contributed by atoms with Crippen LogP contribution in [-0.4, -0.2) is 49.0 Å². The molecule has 2 aliphatic rings. The number of carbonyl (C=O) groups excluding carboxylic acids is 1. The maximum absolute atomic E-state index is 12.8. The van der Waals surface area contributed by atoms with Gasteiger partial charge in [0.1, 0.15) is 11.8 Å². The van der Waals surface area contributed by atoms with Crippen LogP contribution >= 0.6 is 0 Å². The molecule has 1 aromatic rings. The van der Waals surface area contributed by atoms with Crippen LogP contribution in [0, 0.1) is 17.2 Å². The summed E-state index contributed by atoms with van der Waals surface area (Å²) < 4.78 is 5.51. The average molecular weight is 410 g/mol. The SMILES string of the molecule is CCC(CC)COC(=O)C(C#N)=C1Nc2ccccc2N=C1N1CCNC(CC)C1. The fraction of sp³-hybridized carbons (Fsp3) is 0.522. The van der Waals surface area contributed by atoms with Gasteiger partial charge in [0.15, 0.2) is 11.4 Å². The summed E-state index contributed by atoms with van der Waals surface area (Å²) in [6.07, 6.45) is 2.86. The monoisotopic (exact) mass is 409 g/mol. The first-order chi connectivity index (χ1) is 14.6. The summed E-state index contributed by atoms with van der Waals surface area (Å²) in [5, 5.41) is 16.6. The summed E-state index contributed by atoms with van der Waals surface area (Å²) in [6.45, 7) is 8.96. The van der Waals surface area contributed by atoms with E-state index in [1.54, 1.807) is 0 Å². The van der Waals surface area contributed by atoms with Crippen LogP contribution in [-0.2, 0) is 9.53 Å². The number of hydrogen-bond acceptors (Lipinski definition) is 7. The molecule has 2 heterocycles. The van der Waals surface area contributed by atoms with E-state index < -0.39 is 5.97 Å². The molecule has 7 nitrogen and oxygen atoms in total. The number of para-hydroxylation sites is 2. The number of rotatable bonds is 6. The maximum atomic E-state index is 12.8. The molecular weight excluding hydrogens is 378 g/mol. The Labute approximate surface area is 178 Å². The molecule has 1 saturated heterocycles. The molecule has 0 bridgehead atoms. The fourth-order valence-corrected chi connectivity index (χ4v) is 3.73. The molecule has 1 unspecified atom stereocenters. The van der Waals surface area contributed by atoms with Gasteiger partial charge in [0.2, 0.25) is 0 Å². The van der Waals surface area contributed by atoms with Crippen molar-refractivity contribution in [2.75, 3.05) is 31.6 Å². The number of benzene rings is 1. The van der Waals surface area contributed by atoms with E-state index in [-0.39, 0.29) is 5.57 Å². The summed E-state index contributed by atoms with van der Waals surface area (Å²) in [5.41, 5.74) is 1.98. The molecule has 2 aliphatic heterocycles. The minimum Gasteiger partial charge on any atom is -0.461 e. The lowest BCUT2D eigenvalue weighted by Crippen LogP contribution is -2.53. The third-order valence-electron chi connectivity index (χ3n) is 5.83. The van der Waals surface area contributed by atoms with Crippen LogP contribution < -0.4 is 10.6 Å². The highest BCUT2D eigenvalue weighted by atomic mass is 16.5. The van der Waals surface area contributed by atoms with Crippen molar-refractivity contribution < 1.29 is 9.53 Å². The van der Waals surface area contributed by atoms with Crippen LogP contribution in [0.25, 0.3) is 0 Å². The van der Waals surface area contributed by atoms with Crippen molar-refractivity contribution in [3.63, 3.8) is 0 Å². The van der Waals surface area contributed by atoms with E-state index in [9.17, 15) is 10.1 Å². The quantitative estimate of drug-likeness (QED) is 0.424. The van der Waals surface area contributed by atoms with Crippen LogP contribution in [0.3, 0.4) is 0 Å². The summed E-state index contributed by atoms with van der Waals surface area (Å²) in [5.74, 6) is 0.330. The zero-order chi connectivity index (χ0) is 21.5. The molecular formula is C23H31N5O2. The first-order valence-electron chi connectivity index (χ1n) is 10.9. The standard InChI is InChI=1S/C23H31N5O2/c1-4-16(5-2)15-30-23(29)18(13-24)21-22(28-12-11-25-17(6-3)14-28)27-20-10-8-7-9-19(20)26-21/h7-10,16-17,25-26H,4-6,11-12,14-15H2,1-3H3. The zero-order valence-corrected chi connectivity index (χ0v) is 18.1. The number of hydrogen-bond donors (Lipinski definition) is 2. The number of carbonyl (C=O) groups is 1. The van der Waals surface area contributed by atoms with Crippen LogP contribution in [0.5, 0.6) is 0 Å². The number of aliphatic imine (C=N–C) groups is 1. The summed E-state index contributed by atoms with van der Waals surface area (Å²) >= 11 is 0. The Kier molecular flexibility index (Phi) is 7.47. The van der Waals surface area contributed by atoms with Crippen molar-refractivity contribution in [1.29, 1.82) is 5.26 Å². The molecule has 1 fully saturated rings. The van der Waals surface area contributed by atoms with Crippen LogP contribution in [0.15, 0.2) is 40.5 Å². The van der Waals surface area contributed by atoms with E-state index in [1.165, 1.54) is 0 Å². The van der Waals surface area contributed by atoms with Gasteiger partial charge in [0.05, 0.1) is 18.0 Å². The zero-order valence-electron chi connectivity index (χ0n) is 18.1. The van der Waals surface area contributed by atoms with Crippen molar-refractivity contribution in [3.8, 4) is 6.07 Å². The van der Waals surface area contributed by atoms with E-state index in [4.69, 9.17) is 9.73 Å². The molecule has 0 amide bonds. The second-order valence-corrected chi connectivity index (χ2v) is 7.73. The number of esters is 1. The minimum absolute atomic E-state index is 0.0270. The third-order valence-corrected chi connectivity index (χ3v) is 5.83. The van der Waals surface area contributed by atoms with Crippen molar-refractivity contribution in [3.05, 3.63) is 35.5 Å². The van der Waals surface area contributed by atoms with E-state index in [2.05, 4.69) is 42.4 Å². The topological polar surface area (TPSA) is 89.8 Å². The molecule has 160 valence electrons. The van der Waals surface area contributed by atoms with Gasteiger partial charge in [0.25, 0.3) is 0 Å². The third kappa shape index (κ3) is 4.82. The number of piperazine rings is 1. The number of anilines is 1. The lowest BCUT2D eigenvalue weighted by molar-refractivity contribution is -0.140. The van der Waals surface area contributed by atoms with Gasteiger partial charge in [-0.15, -0.1) is 0 Å². The van der Waals surface area contributed by atoms with Crippen molar-refractivity contribution in [2.45, 2.75) is 46.1 Å². The summed E-state index contributed by atoms with van der Waals surface area (Å²) in [7, 11) is 0. The van der Waals surface area contributed by atoms with Crippen molar-refractivity contribution >= 4 is 23.2 Å². The fourth-order valence-electron chi connectivity index (χ4n) is 3.73. The number of nitriles is 1. The summed E-state index contributed by atoms with van der Waals surface area (Å²) in [4.78, 5) is 19.8. The van der Waals surface area contributed by atoms with Crippen LogP contribution in [0.2, 0.25) is 0 Å². The van der Waals surface area contributed by atoms with E-state index >= 15 is 0 Å². The van der Waals surface area contributed by atoms with Gasteiger partial charge in [-0.2, -0.15) is 5.26 Å². The highest BCUT2D eigenvalue weighted by Crippen LogP contribution is 2.33. The van der Waals surface area contributed by atoms with Crippen molar-refractivity contribution in [1.82, 2.24) is 10.2 Å². The van der Waals surface area contributed by atoms with E-state index in [0.717, 1.165) is 50.3 Å². The van der Waals surface area contributed by atoms with Gasteiger partial charge < -0.3 is 20.3 Å². The first-order valence-corrected chi connectivity index (χ1v) is 10.9. The highest BCUT2D eigenvalue weighted by molar-refractivity contribution is 6.12. The van der Waals surface area contributed by atoms with Crippen LogP contribution in [0.1, 0.15) is 40.0 Å². The second kappa shape index (κ2) is 10.3. The Morgan fingerprint density at radius 1 is 1.33 bits per heavy atom. The van der Waals surface area contributed by atoms with E-state index in [0.29, 0.717) is 30.1 Å². The molecule has 7 heteroatoms. The van der Waals surface area contributed by atoms with Gasteiger partial charge in [-0.25, -0.2) is 9.79 Å². The molecule has 0 aromatic heterocycles. The van der Waals surface area contributed by atoms with Gasteiger partial charge in [-0.3, -0.25) is 0 Å². The molecule has 3 rings (SSSR count). The minimum atomic E-state index is -0.596. The molecule has 0 saturated carbocycles. The molecule has 30 heavy (non-hydrogen) atoms. The smallest absolute Gasteiger partial charge is 0.351 e.